The maximum atomic E-state index is 12.6. The van der Waals surface area contributed by atoms with E-state index in [1.807, 2.05) is 0 Å². The van der Waals surface area contributed by atoms with E-state index in [2.05, 4.69) is 31.8 Å². The van der Waals surface area contributed by atoms with Gasteiger partial charge in [0.25, 0.3) is 11.8 Å². The van der Waals surface area contributed by atoms with Gasteiger partial charge in [-0.05, 0) is 63.8 Å². The molecule has 2 aromatic carbocycles. The number of hydrazone groups is 1. The Kier molecular flexibility index (Phi) is 9.49. The normalized spacial score (nSPS) is 11.9. The summed E-state index contributed by atoms with van der Waals surface area (Å²) in [7, 11) is 0. The molecule has 32 heavy (non-hydrogen) atoms. The fourth-order valence-electron chi connectivity index (χ4n) is 2.49. The Balaban J connectivity index is 2.01. The van der Waals surface area contributed by atoms with Crippen LogP contribution in [0.25, 0.3) is 0 Å². The molecule has 0 radical (unpaired) electrons. The van der Waals surface area contributed by atoms with E-state index in [1.54, 1.807) is 32.0 Å². The van der Waals surface area contributed by atoms with Gasteiger partial charge in [-0.15, -0.1) is 0 Å². The highest BCUT2D eigenvalue weighted by Gasteiger charge is 2.24. The second-order valence-corrected chi connectivity index (χ2v) is 8.60. The Morgan fingerprint density at radius 2 is 1.88 bits per heavy atom. The highest BCUT2D eigenvalue weighted by atomic mass is 79.9. The highest BCUT2D eigenvalue weighted by Crippen LogP contribution is 2.25. The Labute approximate surface area is 203 Å². The molecule has 0 heterocycles. The minimum absolute atomic E-state index is 0.211. The molecule has 0 aliphatic rings. The van der Waals surface area contributed by atoms with Crippen LogP contribution in [0.3, 0.4) is 0 Å². The summed E-state index contributed by atoms with van der Waals surface area (Å²) in [6.45, 7) is 3.11. The third kappa shape index (κ3) is 7.51. The van der Waals surface area contributed by atoms with Crippen LogP contribution in [0.2, 0.25) is 10.0 Å². The van der Waals surface area contributed by atoms with E-state index in [4.69, 9.17) is 33.0 Å². The number of ether oxygens (including phenoxy) is 1. The molecule has 170 valence electrons. The van der Waals surface area contributed by atoms with E-state index < -0.39 is 30.4 Å². The van der Waals surface area contributed by atoms with Crippen molar-refractivity contribution in [3.05, 3.63) is 62.0 Å². The number of nitrogens with zero attached hydrogens (tertiary/aromatic N) is 1. The number of hydrogen-bond donors (Lipinski definition) is 3. The van der Waals surface area contributed by atoms with Crippen LogP contribution in [0.15, 0.2) is 46.0 Å². The number of amides is 2. The van der Waals surface area contributed by atoms with Crippen LogP contribution in [0.4, 0.5) is 0 Å². The lowest BCUT2D eigenvalue weighted by molar-refractivity contribution is -0.139. The van der Waals surface area contributed by atoms with Gasteiger partial charge < -0.3 is 15.2 Å². The monoisotopic (exact) mass is 543 g/mol. The number of halogens is 3. The smallest absolute Gasteiger partial charge is 0.341 e. The van der Waals surface area contributed by atoms with Gasteiger partial charge in [0.05, 0.1) is 20.7 Å². The summed E-state index contributed by atoms with van der Waals surface area (Å²) in [6.07, 6.45) is 1.40. The van der Waals surface area contributed by atoms with E-state index in [-0.39, 0.29) is 16.5 Å². The van der Waals surface area contributed by atoms with Crippen molar-refractivity contribution < 1.29 is 24.2 Å². The quantitative estimate of drug-likeness (QED) is 0.324. The molecule has 0 spiro atoms. The topological polar surface area (TPSA) is 117 Å². The number of aliphatic carboxylic acids is 1. The van der Waals surface area contributed by atoms with Crippen LogP contribution in [0, 0.1) is 5.92 Å². The number of carbonyl (C=O) groups is 3. The van der Waals surface area contributed by atoms with Crippen molar-refractivity contribution in [1.82, 2.24) is 10.7 Å². The number of benzene rings is 2. The third-order valence-electron chi connectivity index (χ3n) is 4.11. The predicted octanol–water partition coefficient (Wildman–Crippen LogP) is 4.12. The maximum absolute atomic E-state index is 12.6. The zero-order valence-corrected chi connectivity index (χ0v) is 20.2. The van der Waals surface area contributed by atoms with Crippen LogP contribution in [0.5, 0.6) is 5.75 Å². The number of carboxylic acids is 1. The highest BCUT2D eigenvalue weighted by molar-refractivity contribution is 9.10. The molecule has 1 atom stereocenters. The second kappa shape index (κ2) is 11.8. The van der Waals surface area contributed by atoms with Gasteiger partial charge in [0.1, 0.15) is 11.8 Å². The molecule has 0 saturated carbocycles. The summed E-state index contributed by atoms with van der Waals surface area (Å²) in [4.78, 5) is 35.7. The summed E-state index contributed by atoms with van der Waals surface area (Å²) < 4.78 is 5.66. The fourth-order valence-corrected chi connectivity index (χ4v) is 3.30. The van der Waals surface area contributed by atoms with E-state index in [0.717, 1.165) is 0 Å². The minimum Gasteiger partial charge on any atom is -0.481 e. The molecule has 2 aromatic rings. The Bertz CT molecular complexity index is 1050. The number of carboxylic acid groups (broad SMARTS) is 1. The van der Waals surface area contributed by atoms with Crippen LogP contribution < -0.4 is 15.5 Å². The van der Waals surface area contributed by atoms with E-state index in [0.29, 0.717) is 20.8 Å². The molecule has 0 saturated heterocycles. The lowest BCUT2D eigenvalue weighted by Crippen LogP contribution is -2.48. The van der Waals surface area contributed by atoms with E-state index in [9.17, 15) is 14.4 Å². The lowest BCUT2D eigenvalue weighted by atomic mass is 10.0. The van der Waals surface area contributed by atoms with Crippen molar-refractivity contribution in [2.24, 2.45) is 11.0 Å². The SMILES string of the molecule is CC(C)C(NC(=O)c1ccc(Cl)c(Cl)c1)C(=O)N/N=C\c1ccc(OCC(=O)O)c(Br)c1. The molecule has 8 nitrogen and oxygen atoms in total. The molecule has 0 aromatic heterocycles. The van der Waals surface area contributed by atoms with Crippen LogP contribution in [0.1, 0.15) is 29.8 Å². The molecule has 3 N–H and O–H groups in total. The van der Waals surface area contributed by atoms with Crippen molar-refractivity contribution in [2.75, 3.05) is 6.61 Å². The molecule has 0 aliphatic carbocycles. The second-order valence-electron chi connectivity index (χ2n) is 6.93. The molecule has 0 fully saturated rings. The first-order chi connectivity index (χ1) is 15.1. The molecular formula is C21H20BrCl2N3O5. The first-order valence-corrected chi connectivity index (χ1v) is 10.9. The minimum atomic E-state index is -1.09. The molecule has 0 aliphatic heterocycles. The lowest BCUT2D eigenvalue weighted by Gasteiger charge is -2.20. The van der Waals surface area contributed by atoms with E-state index >= 15 is 0 Å². The first kappa shape index (κ1) is 25.6. The Morgan fingerprint density at radius 1 is 1.16 bits per heavy atom. The average Bonchev–Trinajstić information content (AvgIpc) is 2.72. The summed E-state index contributed by atoms with van der Waals surface area (Å²) in [5.74, 6) is -1.90. The zero-order valence-electron chi connectivity index (χ0n) is 17.1. The molecule has 2 rings (SSSR count). The first-order valence-electron chi connectivity index (χ1n) is 9.31. The number of rotatable bonds is 9. The maximum Gasteiger partial charge on any atom is 0.341 e. The Morgan fingerprint density at radius 3 is 2.47 bits per heavy atom. The molecule has 2 amide bonds. The van der Waals surface area contributed by atoms with Gasteiger partial charge >= 0.3 is 5.97 Å². The molecule has 0 bridgehead atoms. The van der Waals surface area contributed by atoms with E-state index in [1.165, 1.54) is 24.4 Å². The van der Waals surface area contributed by atoms with Crippen molar-refractivity contribution in [2.45, 2.75) is 19.9 Å². The van der Waals surface area contributed by atoms with Gasteiger partial charge in [-0.3, -0.25) is 9.59 Å². The Hall–Kier alpha value is -2.62. The number of nitrogens with one attached hydrogen (secondary N) is 2. The fraction of sp³-hybridized carbons (Fsp3) is 0.238. The van der Waals surface area contributed by atoms with Crippen molar-refractivity contribution in [1.29, 1.82) is 0 Å². The largest absolute Gasteiger partial charge is 0.481 e. The number of hydrogen-bond acceptors (Lipinski definition) is 5. The van der Waals surface area contributed by atoms with Gasteiger partial charge in [-0.2, -0.15) is 5.10 Å². The molecule has 11 heteroatoms. The van der Waals surface area contributed by atoms with Gasteiger partial charge in [0, 0.05) is 5.56 Å². The van der Waals surface area contributed by atoms with Gasteiger partial charge in [-0.1, -0.05) is 37.0 Å². The standard InChI is InChI=1S/C21H20BrCl2N3O5/c1-11(2)19(26-20(30)13-4-5-15(23)16(24)8-13)21(31)27-25-9-12-3-6-17(14(22)7-12)32-10-18(28)29/h3-9,11,19H,10H2,1-2H3,(H,26,30)(H,27,31)(H,28,29)/b25-9-. The molecular weight excluding hydrogens is 525 g/mol. The van der Waals surface area contributed by atoms with Crippen molar-refractivity contribution in [3.63, 3.8) is 0 Å². The van der Waals surface area contributed by atoms with Crippen molar-refractivity contribution >= 4 is 63.1 Å². The predicted molar refractivity (Wildman–Crippen MR) is 126 cm³/mol. The van der Waals surface area contributed by atoms with Gasteiger partial charge in [0.15, 0.2) is 6.61 Å². The third-order valence-corrected chi connectivity index (χ3v) is 5.47. The summed E-state index contributed by atoms with van der Waals surface area (Å²) in [5.41, 5.74) is 3.31. The van der Waals surface area contributed by atoms with Crippen LogP contribution >= 0.6 is 39.1 Å². The van der Waals surface area contributed by atoms with Gasteiger partial charge in [-0.25, -0.2) is 10.2 Å². The number of carbonyl (C=O) groups excluding carboxylic acids is 2. The summed E-state index contributed by atoms with van der Waals surface area (Å²) in [6, 6.07) is 8.47. The average molecular weight is 545 g/mol. The molecule has 1 unspecified atom stereocenters. The van der Waals surface area contributed by atoms with Gasteiger partial charge in [0.2, 0.25) is 0 Å². The van der Waals surface area contributed by atoms with Crippen molar-refractivity contribution in [3.8, 4) is 5.75 Å². The summed E-state index contributed by atoms with van der Waals surface area (Å²) in [5, 5.41) is 15.8. The van der Waals surface area contributed by atoms with Crippen LogP contribution in [-0.2, 0) is 9.59 Å². The zero-order chi connectivity index (χ0) is 23.8. The van der Waals surface area contributed by atoms with Crippen LogP contribution in [-0.4, -0.2) is 41.8 Å². The summed E-state index contributed by atoms with van der Waals surface area (Å²) >= 11 is 15.1.